The maximum absolute atomic E-state index is 10.1. The average Bonchev–Trinajstić information content (AvgIpc) is 3.14. The first-order chi connectivity index (χ1) is 13.1. The predicted molar refractivity (Wildman–Crippen MR) is 117 cm³/mol. The third kappa shape index (κ3) is 3.67. The number of rotatable bonds is 4. The molecule has 0 saturated heterocycles. The molecule has 156 valence electrons. The summed E-state index contributed by atoms with van der Waals surface area (Å²) in [7, 11) is 0. The van der Waals surface area contributed by atoms with Gasteiger partial charge in [-0.2, -0.15) is 0 Å². The summed E-state index contributed by atoms with van der Waals surface area (Å²) < 4.78 is 0. The van der Waals surface area contributed by atoms with Crippen molar-refractivity contribution in [1.29, 1.82) is 0 Å². The molecular formula is C24H36ClNO2. The number of halogens is 1. The fourth-order valence-electron chi connectivity index (χ4n) is 6.81. The molecule has 1 aromatic carbocycles. The second kappa shape index (κ2) is 8.87. The van der Waals surface area contributed by atoms with Gasteiger partial charge in [0.2, 0.25) is 0 Å². The Morgan fingerprint density at radius 1 is 1.14 bits per heavy atom. The van der Waals surface area contributed by atoms with Gasteiger partial charge in [-0.15, -0.1) is 12.4 Å². The molecule has 0 bridgehead atoms. The second-order valence-electron chi connectivity index (χ2n) is 9.43. The van der Waals surface area contributed by atoms with Gasteiger partial charge in [0.05, 0.1) is 6.10 Å². The summed E-state index contributed by atoms with van der Waals surface area (Å²) in [5.41, 5.74) is 9.38. The summed E-state index contributed by atoms with van der Waals surface area (Å²) in [4.78, 5) is 0. The summed E-state index contributed by atoms with van der Waals surface area (Å²) in [6.07, 6.45) is 8.38. The van der Waals surface area contributed by atoms with Crippen LogP contribution in [0.1, 0.15) is 51.0 Å². The van der Waals surface area contributed by atoms with E-state index < -0.39 is 0 Å². The fourth-order valence-corrected chi connectivity index (χ4v) is 6.81. The molecular weight excluding hydrogens is 370 g/mol. The number of hydrogen-bond acceptors (Lipinski definition) is 3. The van der Waals surface area contributed by atoms with Crippen molar-refractivity contribution in [1.82, 2.24) is 0 Å². The standard InChI is InChI=1S/C24H35NO2.ClH/c1-24(12-11-18(27)13-17(24)15-26)23-10-9-20-19(16-5-3-2-4-6-16)7-8-21(20)22(23)14-25;/h2-7,17-18,20-23,26-27H,8-15,25H2,1H3;1H/t17-,18+,20-,21-,22+,23+,24+;/m1./s1. The van der Waals surface area contributed by atoms with E-state index in [2.05, 4.69) is 43.3 Å². The molecule has 3 aliphatic rings. The lowest BCUT2D eigenvalue weighted by molar-refractivity contribution is -0.0804. The molecule has 0 aliphatic heterocycles. The second-order valence-corrected chi connectivity index (χ2v) is 9.43. The van der Waals surface area contributed by atoms with Crippen molar-refractivity contribution in [3.05, 3.63) is 42.0 Å². The molecule has 4 N–H and O–H groups in total. The van der Waals surface area contributed by atoms with Crippen LogP contribution in [0, 0.1) is 35.0 Å². The van der Waals surface area contributed by atoms with Crippen LogP contribution in [0.3, 0.4) is 0 Å². The molecule has 0 radical (unpaired) electrons. The number of benzene rings is 1. The van der Waals surface area contributed by atoms with Gasteiger partial charge in [-0.1, -0.05) is 43.3 Å². The average molecular weight is 406 g/mol. The minimum absolute atomic E-state index is 0. The lowest BCUT2D eigenvalue weighted by atomic mass is 9.51. The predicted octanol–water partition coefficient (Wildman–Crippen LogP) is 4.27. The first-order valence-electron chi connectivity index (χ1n) is 10.8. The summed E-state index contributed by atoms with van der Waals surface area (Å²) in [5, 5.41) is 20.2. The Balaban J connectivity index is 0.00000225. The van der Waals surface area contributed by atoms with Crippen molar-refractivity contribution >= 4 is 18.0 Å². The van der Waals surface area contributed by atoms with Crippen LogP contribution >= 0.6 is 12.4 Å². The quantitative estimate of drug-likeness (QED) is 0.700. The highest BCUT2D eigenvalue weighted by molar-refractivity contribution is 5.85. The monoisotopic (exact) mass is 405 g/mol. The van der Waals surface area contributed by atoms with Gasteiger partial charge in [-0.25, -0.2) is 0 Å². The van der Waals surface area contributed by atoms with Crippen LogP contribution in [-0.4, -0.2) is 29.5 Å². The number of fused-ring (bicyclic) bond motifs is 1. The van der Waals surface area contributed by atoms with E-state index in [1.165, 1.54) is 24.0 Å². The van der Waals surface area contributed by atoms with Crippen LogP contribution in [0.25, 0.3) is 5.57 Å². The van der Waals surface area contributed by atoms with Crippen LogP contribution in [0.2, 0.25) is 0 Å². The Labute approximate surface area is 175 Å². The maximum atomic E-state index is 10.1. The summed E-state index contributed by atoms with van der Waals surface area (Å²) >= 11 is 0. The molecule has 0 spiro atoms. The highest BCUT2D eigenvalue weighted by Crippen LogP contribution is 2.58. The smallest absolute Gasteiger partial charge is 0.0544 e. The first-order valence-corrected chi connectivity index (χ1v) is 10.8. The summed E-state index contributed by atoms with van der Waals surface area (Å²) in [6.45, 7) is 3.29. The van der Waals surface area contributed by atoms with Gasteiger partial charge >= 0.3 is 0 Å². The normalized spacial score (nSPS) is 40.4. The fraction of sp³-hybridized carbons (Fsp3) is 0.667. The number of hydrogen-bond donors (Lipinski definition) is 3. The van der Waals surface area contributed by atoms with Crippen LogP contribution in [-0.2, 0) is 0 Å². The molecule has 1 aromatic rings. The molecule has 2 fully saturated rings. The zero-order chi connectivity index (χ0) is 19.0. The lowest BCUT2D eigenvalue weighted by Gasteiger charge is -2.54. The Morgan fingerprint density at radius 3 is 2.57 bits per heavy atom. The largest absolute Gasteiger partial charge is 0.396 e. The van der Waals surface area contributed by atoms with Gasteiger partial charge in [-0.3, -0.25) is 0 Å². The molecule has 3 aliphatic carbocycles. The molecule has 2 saturated carbocycles. The number of nitrogens with two attached hydrogens (primary N) is 1. The van der Waals surface area contributed by atoms with Crippen molar-refractivity contribution in [3.8, 4) is 0 Å². The Hall–Kier alpha value is -0.870. The third-order valence-electron chi connectivity index (χ3n) is 8.33. The van der Waals surface area contributed by atoms with Crippen molar-refractivity contribution in [3.63, 3.8) is 0 Å². The molecule has 4 heteroatoms. The van der Waals surface area contributed by atoms with E-state index in [1.807, 2.05) is 0 Å². The molecule has 4 rings (SSSR count). The van der Waals surface area contributed by atoms with Crippen molar-refractivity contribution in [2.24, 2.45) is 40.7 Å². The van der Waals surface area contributed by atoms with E-state index in [0.717, 1.165) is 32.2 Å². The molecule has 28 heavy (non-hydrogen) atoms. The summed E-state index contributed by atoms with van der Waals surface area (Å²) in [5.74, 6) is 2.52. The third-order valence-corrected chi connectivity index (χ3v) is 8.33. The molecule has 0 aromatic heterocycles. The van der Waals surface area contributed by atoms with Crippen molar-refractivity contribution in [2.45, 2.75) is 51.6 Å². The van der Waals surface area contributed by atoms with Gasteiger partial charge < -0.3 is 15.9 Å². The highest BCUT2D eigenvalue weighted by Gasteiger charge is 2.52. The SMILES string of the molecule is C[C@]1([C@H]2CC[C@@H]3C(c4ccccc4)=CC[C@H]3[C@@H]2CN)CC[C@H](O)C[C@@H]1CO.Cl. The molecule has 3 nitrogen and oxygen atoms in total. The van der Waals surface area contributed by atoms with Gasteiger partial charge in [0, 0.05) is 6.61 Å². The Morgan fingerprint density at radius 2 is 1.89 bits per heavy atom. The van der Waals surface area contributed by atoms with E-state index >= 15 is 0 Å². The van der Waals surface area contributed by atoms with Crippen LogP contribution in [0.15, 0.2) is 36.4 Å². The molecule has 7 atom stereocenters. The lowest BCUT2D eigenvalue weighted by Crippen LogP contribution is -2.51. The van der Waals surface area contributed by atoms with E-state index in [0.29, 0.717) is 23.7 Å². The minimum atomic E-state index is -0.249. The molecule has 0 heterocycles. The summed E-state index contributed by atoms with van der Waals surface area (Å²) in [6, 6.07) is 10.8. The van der Waals surface area contributed by atoms with Gasteiger partial charge in [0.1, 0.15) is 0 Å². The number of aliphatic hydroxyl groups is 2. The highest BCUT2D eigenvalue weighted by atomic mass is 35.5. The minimum Gasteiger partial charge on any atom is -0.396 e. The molecule has 0 amide bonds. The van der Waals surface area contributed by atoms with Crippen LogP contribution in [0.4, 0.5) is 0 Å². The van der Waals surface area contributed by atoms with E-state index in [4.69, 9.17) is 5.73 Å². The van der Waals surface area contributed by atoms with Crippen LogP contribution < -0.4 is 5.73 Å². The maximum Gasteiger partial charge on any atom is 0.0544 e. The number of aliphatic hydroxyl groups excluding tert-OH is 2. The van der Waals surface area contributed by atoms with Crippen molar-refractivity contribution < 1.29 is 10.2 Å². The van der Waals surface area contributed by atoms with Gasteiger partial charge in [0.15, 0.2) is 0 Å². The topological polar surface area (TPSA) is 66.5 Å². The van der Waals surface area contributed by atoms with Crippen LogP contribution in [0.5, 0.6) is 0 Å². The van der Waals surface area contributed by atoms with E-state index in [1.54, 1.807) is 0 Å². The number of allylic oxidation sites excluding steroid dienone is 2. The first kappa shape index (κ1) is 21.8. The van der Waals surface area contributed by atoms with Gasteiger partial charge in [0.25, 0.3) is 0 Å². The van der Waals surface area contributed by atoms with E-state index in [9.17, 15) is 10.2 Å². The van der Waals surface area contributed by atoms with Crippen molar-refractivity contribution in [2.75, 3.05) is 13.2 Å². The van der Waals surface area contributed by atoms with Gasteiger partial charge in [-0.05, 0) is 91.2 Å². The zero-order valence-corrected chi connectivity index (χ0v) is 17.8. The Kier molecular flexibility index (Phi) is 6.92. The van der Waals surface area contributed by atoms with E-state index in [-0.39, 0.29) is 36.5 Å². The molecule has 0 unspecified atom stereocenters. The Bertz CT molecular complexity index is 678. The zero-order valence-electron chi connectivity index (χ0n) is 17.0.